The van der Waals surface area contributed by atoms with Crippen LogP contribution in [0.15, 0.2) is 21.5 Å². The van der Waals surface area contributed by atoms with Crippen LogP contribution in [0.2, 0.25) is 0 Å². The maximum atomic E-state index is 5.63. The Labute approximate surface area is 77.8 Å². The zero-order valence-electron chi connectivity index (χ0n) is 7.77. The Hall–Kier alpha value is -1.36. The SMILES string of the molecule is CC=NC1=C(N)N=CN(CCN)C1. The summed E-state index contributed by atoms with van der Waals surface area (Å²) >= 11 is 0. The predicted molar refractivity (Wildman–Crippen MR) is 54.5 cm³/mol. The molecule has 0 amide bonds. The average Bonchev–Trinajstić information content (AvgIpc) is 2.12. The molecule has 1 heterocycles. The lowest BCUT2D eigenvalue weighted by atomic mass is 10.3. The molecule has 0 saturated carbocycles. The molecule has 1 aliphatic rings. The smallest absolute Gasteiger partial charge is 0.148 e. The van der Waals surface area contributed by atoms with E-state index in [1.807, 2.05) is 11.8 Å². The van der Waals surface area contributed by atoms with E-state index in [0.29, 0.717) is 18.9 Å². The molecular weight excluding hydrogens is 166 g/mol. The summed E-state index contributed by atoms with van der Waals surface area (Å²) in [6.45, 7) is 3.93. The van der Waals surface area contributed by atoms with Crippen molar-refractivity contribution in [1.29, 1.82) is 0 Å². The molecule has 5 heteroatoms. The summed E-state index contributed by atoms with van der Waals surface area (Å²) in [6, 6.07) is 0. The molecular formula is C8H15N5. The van der Waals surface area contributed by atoms with Gasteiger partial charge in [-0.2, -0.15) is 0 Å². The van der Waals surface area contributed by atoms with Gasteiger partial charge in [0.05, 0.1) is 12.9 Å². The fraction of sp³-hybridized carbons (Fsp3) is 0.500. The number of nitrogens with two attached hydrogens (primary N) is 2. The van der Waals surface area contributed by atoms with Crippen LogP contribution in [0.25, 0.3) is 0 Å². The summed E-state index contributed by atoms with van der Waals surface area (Å²) in [5.74, 6) is 0.492. The van der Waals surface area contributed by atoms with Crippen molar-refractivity contribution in [3.8, 4) is 0 Å². The third kappa shape index (κ3) is 2.55. The molecule has 0 saturated heterocycles. The fourth-order valence-electron chi connectivity index (χ4n) is 1.10. The highest BCUT2D eigenvalue weighted by Gasteiger charge is 2.10. The molecule has 1 aliphatic heterocycles. The lowest BCUT2D eigenvalue weighted by Gasteiger charge is -2.22. The molecule has 0 aromatic carbocycles. The maximum Gasteiger partial charge on any atom is 0.148 e. The number of rotatable bonds is 3. The van der Waals surface area contributed by atoms with E-state index in [9.17, 15) is 0 Å². The summed E-state index contributed by atoms with van der Waals surface area (Å²) in [5.41, 5.74) is 11.9. The minimum Gasteiger partial charge on any atom is -0.382 e. The third-order valence-corrected chi connectivity index (χ3v) is 1.71. The Bertz CT molecular complexity index is 253. The van der Waals surface area contributed by atoms with Crippen LogP contribution in [-0.2, 0) is 0 Å². The molecule has 13 heavy (non-hydrogen) atoms. The molecule has 0 atom stereocenters. The molecule has 0 radical (unpaired) electrons. The Morgan fingerprint density at radius 1 is 1.77 bits per heavy atom. The minimum atomic E-state index is 0.492. The van der Waals surface area contributed by atoms with Gasteiger partial charge in [0.2, 0.25) is 0 Å². The third-order valence-electron chi connectivity index (χ3n) is 1.71. The van der Waals surface area contributed by atoms with Gasteiger partial charge in [0.25, 0.3) is 0 Å². The molecule has 0 aromatic heterocycles. The van der Waals surface area contributed by atoms with E-state index in [1.165, 1.54) is 0 Å². The van der Waals surface area contributed by atoms with Crippen molar-refractivity contribution in [2.45, 2.75) is 6.92 Å². The Kier molecular flexibility index (Phi) is 3.45. The largest absolute Gasteiger partial charge is 0.382 e. The van der Waals surface area contributed by atoms with Crippen LogP contribution in [0, 0.1) is 0 Å². The molecule has 72 valence electrons. The highest BCUT2D eigenvalue weighted by molar-refractivity contribution is 5.61. The molecule has 1 rings (SSSR count). The van der Waals surface area contributed by atoms with Crippen molar-refractivity contribution in [1.82, 2.24) is 4.90 Å². The first kappa shape index (κ1) is 9.73. The van der Waals surface area contributed by atoms with Crippen LogP contribution >= 0.6 is 0 Å². The summed E-state index contributed by atoms with van der Waals surface area (Å²) in [6.07, 6.45) is 3.42. The van der Waals surface area contributed by atoms with E-state index in [4.69, 9.17) is 11.5 Å². The van der Waals surface area contributed by atoms with E-state index in [1.54, 1.807) is 12.6 Å². The maximum absolute atomic E-state index is 5.63. The number of hydrogen-bond donors (Lipinski definition) is 2. The van der Waals surface area contributed by atoms with Gasteiger partial charge in [-0.25, -0.2) is 4.99 Å². The lowest BCUT2D eigenvalue weighted by Crippen LogP contribution is -2.33. The zero-order valence-corrected chi connectivity index (χ0v) is 7.77. The van der Waals surface area contributed by atoms with E-state index in [-0.39, 0.29) is 0 Å². The van der Waals surface area contributed by atoms with Gasteiger partial charge in [-0.05, 0) is 6.92 Å². The van der Waals surface area contributed by atoms with Crippen LogP contribution in [0.4, 0.5) is 0 Å². The van der Waals surface area contributed by atoms with Gasteiger partial charge in [0.1, 0.15) is 11.5 Å². The Morgan fingerprint density at radius 3 is 3.15 bits per heavy atom. The van der Waals surface area contributed by atoms with E-state index in [0.717, 1.165) is 12.2 Å². The number of nitrogens with zero attached hydrogens (tertiary/aromatic N) is 3. The first-order valence-corrected chi connectivity index (χ1v) is 4.23. The molecule has 5 nitrogen and oxygen atoms in total. The van der Waals surface area contributed by atoms with Crippen LogP contribution in [0.1, 0.15) is 6.92 Å². The van der Waals surface area contributed by atoms with Crippen LogP contribution in [-0.4, -0.2) is 37.1 Å². The Morgan fingerprint density at radius 2 is 2.54 bits per heavy atom. The van der Waals surface area contributed by atoms with Crippen LogP contribution in [0.3, 0.4) is 0 Å². The van der Waals surface area contributed by atoms with Gasteiger partial charge in [0, 0.05) is 19.3 Å². The summed E-state index contributed by atoms with van der Waals surface area (Å²) in [7, 11) is 0. The monoisotopic (exact) mass is 181 g/mol. The Balaban J connectivity index is 2.66. The van der Waals surface area contributed by atoms with Gasteiger partial charge in [-0.3, -0.25) is 4.99 Å². The molecule has 0 unspecified atom stereocenters. The normalized spacial score (nSPS) is 17.5. The van der Waals surface area contributed by atoms with E-state index < -0.39 is 0 Å². The average molecular weight is 181 g/mol. The molecule has 0 spiro atoms. The zero-order chi connectivity index (χ0) is 9.68. The fourth-order valence-corrected chi connectivity index (χ4v) is 1.10. The second-order valence-electron chi connectivity index (χ2n) is 2.72. The highest BCUT2D eigenvalue weighted by Crippen LogP contribution is 2.08. The second-order valence-corrected chi connectivity index (χ2v) is 2.72. The van der Waals surface area contributed by atoms with Crippen molar-refractivity contribution < 1.29 is 0 Å². The molecule has 0 aromatic rings. The van der Waals surface area contributed by atoms with Crippen molar-refractivity contribution in [2.75, 3.05) is 19.6 Å². The van der Waals surface area contributed by atoms with Gasteiger partial charge in [0.15, 0.2) is 0 Å². The van der Waals surface area contributed by atoms with E-state index >= 15 is 0 Å². The topological polar surface area (TPSA) is 80.0 Å². The quantitative estimate of drug-likeness (QED) is 0.576. The van der Waals surface area contributed by atoms with Crippen molar-refractivity contribution in [3.05, 3.63) is 11.5 Å². The molecule has 0 aliphatic carbocycles. The van der Waals surface area contributed by atoms with E-state index in [2.05, 4.69) is 9.98 Å². The van der Waals surface area contributed by atoms with Crippen LogP contribution in [0.5, 0.6) is 0 Å². The van der Waals surface area contributed by atoms with Crippen molar-refractivity contribution in [3.63, 3.8) is 0 Å². The van der Waals surface area contributed by atoms with Crippen LogP contribution < -0.4 is 11.5 Å². The first-order valence-electron chi connectivity index (χ1n) is 4.23. The van der Waals surface area contributed by atoms with Gasteiger partial charge < -0.3 is 16.4 Å². The summed E-state index contributed by atoms with van der Waals surface area (Å²) in [4.78, 5) is 10.1. The highest BCUT2D eigenvalue weighted by atomic mass is 15.2. The molecule has 0 fully saturated rings. The molecule has 4 N–H and O–H groups in total. The summed E-state index contributed by atoms with van der Waals surface area (Å²) < 4.78 is 0. The van der Waals surface area contributed by atoms with Gasteiger partial charge in [-0.1, -0.05) is 0 Å². The standard InChI is InChI=1S/C8H15N5/c1-2-11-7-5-13(4-3-9)6-12-8(7)10/h2,6H,3-5,9-10H2,1H3. The number of aliphatic imine (C=N–C) groups is 2. The lowest BCUT2D eigenvalue weighted by molar-refractivity contribution is 0.463. The van der Waals surface area contributed by atoms with Crippen molar-refractivity contribution >= 4 is 12.6 Å². The molecule has 0 bridgehead atoms. The second kappa shape index (κ2) is 4.61. The number of hydrogen-bond acceptors (Lipinski definition) is 5. The van der Waals surface area contributed by atoms with Gasteiger partial charge in [-0.15, -0.1) is 0 Å². The van der Waals surface area contributed by atoms with Gasteiger partial charge >= 0.3 is 0 Å². The summed E-state index contributed by atoms with van der Waals surface area (Å²) in [5, 5.41) is 0. The predicted octanol–water partition coefficient (Wildman–Crippen LogP) is -0.492. The minimum absolute atomic E-state index is 0.492. The van der Waals surface area contributed by atoms with Crippen molar-refractivity contribution in [2.24, 2.45) is 21.5 Å². The first-order chi connectivity index (χ1) is 6.27.